The second-order valence-electron chi connectivity index (χ2n) is 13.5. The third kappa shape index (κ3) is 5.15. The van der Waals surface area contributed by atoms with Crippen LogP contribution in [0.5, 0.6) is 34.5 Å². The quantitative estimate of drug-likeness (QED) is 0.153. The molecule has 0 saturated carbocycles. The van der Waals surface area contributed by atoms with Crippen LogP contribution in [0, 0.1) is 25.2 Å². The van der Waals surface area contributed by atoms with Crippen molar-refractivity contribution in [1.82, 2.24) is 0 Å². The summed E-state index contributed by atoms with van der Waals surface area (Å²) in [5, 5.41) is 41.9. The highest BCUT2D eigenvalue weighted by atomic mass is 16.5. The topological polar surface area (TPSA) is 118 Å². The Morgan fingerprint density at radius 2 is 1.21 bits per heavy atom. The summed E-state index contributed by atoms with van der Waals surface area (Å²) in [6.07, 6.45) is 0.930. The van der Waals surface area contributed by atoms with E-state index in [-0.39, 0.29) is 52.6 Å². The summed E-state index contributed by atoms with van der Waals surface area (Å²) in [6.45, 7) is 6.03. The van der Waals surface area contributed by atoms with Crippen molar-refractivity contribution < 1.29 is 39.4 Å². The summed E-state index contributed by atoms with van der Waals surface area (Å²) in [5.41, 5.74) is 7.31. The molecule has 4 N–H and O–H groups in total. The van der Waals surface area contributed by atoms with Gasteiger partial charge in [-0.2, -0.15) is 0 Å². The number of ether oxygens (including phenoxy) is 4. The maximum atomic E-state index is 10.9. The van der Waals surface area contributed by atoms with Crippen LogP contribution in [-0.2, 0) is 9.47 Å². The number of phenols is 4. The average molecular weight is 651 g/mol. The lowest BCUT2D eigenvalue weighted by Gasteiger charge is -2.42. The minimum absolute atomic E-state index is 0.0507. The molecule has 8 nitrogen and oxygen atoms in total. The van der Waals surface area contributed by atoms with E-state index in [9.17, 15) is 20.4 Å². The van der Waals surface area contributed by atoms with Crippen LogP contribution in [0.4, 0.5) is 0 Å². The van der Waals surface area contributed by atoms with Crippen molar-refractivity contribution in [1.29, 1.82) is 0 Å². The van der Waals surface area contributed by atoms with E-state index in [0.717, 1.165) is 46.2 Å². The van der Waals surface area contributed by atoms with E-state index in [2.05, 4.69) is 6.92 Å². The van der Waals surface area contributed by atoms with Gasteiger partial charge >= 0.3 is 0 Å². The van der Waals surface area contributed by atoms with Crippen LogP contribution in [0.15, 0.2) is 83.9 Å². The molecule has 1 fully saturated rings. The minimum atomic E-state index is -0.405. The van der Waals surface area contributed by atoms with E-state index in [1.807, 2.05) is 56.3 Å². The molecular formula is C40H42O8. The van der Waals surface area contributed by atoms with Crippen molar-refractivity contribution in [3.63, 3.8) is 0 Å². The van der Waals surface area contributed by atoms with E-state index >= 15 is 0 Å². The van der Waals surface area contributed by atoms with E-state index in [1.165, 1.54) is 25.4 Å². The summed E-state index contributed by atoms with van der Waals surface area (Å²) in [6, 6.07) is 22.2. The van der Waals surface area contributed by atoms with Gasteiger partial charge in [0.2, 0.25) is 0 Å². The van der Waals surface area contributed by atoms with Crippen LogP contribution < -0.4 is 9.47 Å². The molecule has 1 saturated heterocycles. The first kappa shape index (κ1) is 31.9. The Kier molecular flexibility index (Phi) is 8.04. The van der Waals surface area contributed by atoms with E-state index in [4.69, 9.17) is 18.9 Å². The molecule has 0 unspecified atom stereocenters. The van der Waals surface area contributed by atoms with Crippen LogP contribution in [0.2, 0.25) is 0 Å². The van der Waals surface area contributed by atoms with Crippen molar-refractivity contribution in [3.05, 3.63) is 117 Å². The van der Waals surface area contributed by atoms with Gasteiger partial charge in [-0.1, -0.05) is 31.2 Å². The molecule has 4 aromatic rings. The number of hydrogen-bond donors (Lipinski definition) is 4. The van der Waals surface area contributed by atoms with E-state index in [1.54, 1.807) is 30.3 Å². The number of phenolic OH excluding ortho intramolecular Hbond substituents is 4. The lowest BCUT2D eigenvalue weighted by molar-refractivity contribution is 0.00316. The third-order valence-corrected chi connectivity index (χ3v) is 10.9. The number of aryl methyl sites for hydroxylation is 2. The van der Waals surface area contributed by atoms with Crippen molar-refractivity contribution >= 4 is 0 Å². The van der Waals surface area contributed by atoms with E-state index < -0.39 is 6.10 Å². The first-order valence-electron chi connectivity index (χ1n) is 16.4. The average Bonchev–Trinajstić information content (AvgIpc) is 3.59. The molecule has 8 heteroatoms. The van der Waals surface area contributed by atoms with Gasteiger partial charge < -0.3 is 39.4 Å². The van der Waals surface area contributed by atoms with Crippen molar-refractivity contribution in [3.8, 4) is 34.5 Å². The van der Waals surface area contributed by atoms with Crippen molar-refractivity contribution in [2.24, 2.45) is 11.3 Å². The molecule has 1 spiro atoms. The molecular weight excluding hydrogens is 608 g/mol. The summed E-state index contributed by atoms with van der Waals surface area (Å²) in [7, 11) is 3.07. The van der Waals surface area contributed by atoms with Gasteiger partial charge in [0.05, 0.1) is 26.4 Å². The van der Waals surface area contributed by atoms with Crippen LogP contribution in [-0.4, -0.2) is 34.6 Å². The highest BCUT2D eigenvalue weighted by Crippen LogP contribution is 2.67. The summed E-state index contributed by atoms with van der Waals surface area (Å²) < 4.78 is 24.9. The molecule has 4 aromatic carbocycles. The smallest absolute Gasteiger partial charge is 0.160 e. The zero-order valence-corrected chi connectivity index (χ0v) is 27.9. The van der Waals surface area contributed by atoms with Gasteiger partial charge in [0.15, 0.2) is 23.0 Å². The number of benzene rings is 4. The maximum absolute atomic E-state index is 10.9. The maximum Gasteiger partial charge on any atom is 0.160 e. The molecule has 7 rings (SSSR count). The molecule has 250 valence electrons. The molecule has 2 aliphatic heterocycles. The molecule has 3 aliphatic rings. The highest BCUT2D eigenvalue weighted by molar-refractivity contribution is 5.50. The summed E-state index contributed by atoms with van der Waals surface area (Å²) in [4.78, 5) is 0. The molecule has 48 heavy (non-hydrogen) atoms. The lowest BCUT2D eigenvalue weighted by atomic mass is 9.59. The van der Waals surface area contributed by atoms with Crippen LogP contribution in [0.25, 0.3) is 0 Å². The first-order valence-corrected chi connectivity index (χ1v) is 16.4. The van der Waals surface area contributed by atoms with Gasteiger partial charge in [-0.05, 0) is 132 Å². The number of aromatic hydroxyl groups is 4. The van der Waals surface area contributed by atoms with Crippen LogP contribution in [0.3, 0.4) is 0 Å². The fourth-order valence-electron chi connectivity index (χ4n) is 8.26. The van der Waals surface area contributed by atoms with Gasteiger partial charge in [-0.15, -0.1) is 0 Å². The zero-order valence-electron chi connectivity index (χ0n) is 27.9. The Morgan fingerprint density at radius 1 is 0.625 bits per heavy atom. The zero-order chi connectivity index (χ0) is 33.9. The number of rotatable bonds is 6. The Balaban J connectivity index is 1.37. The fraction of sp³-hybridized carbons (Fsp3) is 0.350. The summed E-state index contributed by atoms with van der Waals surface area (Å²) in [5.74, 6) is 1.43. The Morgan fingerprint density at radius 3 is 1.85 bits per heavy atom. The highest BCUT2D eigenvalue weighted by Gasteiger charge is 2.58. The Bertz CT molecular complexity index is 1910. The van der Waals surface area contributed by atoms with Gasteiger partial charge in [0.1, 0.15) is 23.7 Å². The predicted octanol–water partition coefficient (Wildman–Crippen LogP) is 8.57. The van der Waals surface area contributed by atoms with Gasteiger partial charge in [-0.25, -0.2) is 0 Å². The Hall–Kier alpha value is -4.66. The number of methoxy groups -OCH3 is 2. The molecule has 0 bridgehead atoms. The summed E-state index contributed by atoms with van der Waals surface area (Å²) >= 11 is 0. The van der Waals surface area contributed by atoms with Crippen LogP contribution in [0.1, 0.15) is 84.0 Å². The minimum Gasteiger partial charge on any atom is -0.508 e. The van der Waals surface area contributed by atoms with Gasteiger partial charge in [0, 0.05) is 5.41 Å². The molecule has 1 aliphatic carbocycles. The third-order valence-electron chi connectivity index (χ3n) is 10.9. The van der Waals surface area contributed by atoms with Crippen molar-refractivity contribution in [2.75, 3.05) is 14.2 Å². The van der Waals surface area contributed by atoms with E-state index in [0.29, 0.717) is 17.9 Å². The normalized spacial score (nSPS) is 26.6. The molecule has 6 atom stereocenters. The van der Waals surface area contributed by atoms with Gasteiger partial charge in [0.25, 0.3) is 0 Å². The second kappa shape index (κ2) is 12.1. The molecule has 0 amide bonds. The second-order valence-corrected chi connectivity index (χ2v) is 13.5. The van der Waals surface area contributed by atoms with Crippen LogP contribution >= 0.6 is 0 Å². The Labute approximate surface area is 280 Å². The predicted molar refractivity (Wildman–Crippen MR) is 181 cm³/mol. The monoisotopic (exact) mass is 650 g/mol. The first-order chi connectivity index (χ1) is 23.0. The molecule has 2 heterocycles. The lowest BCUT2D eigenvalue weighted by Crippen LogP contribution is -2.34. The standard InChI is InChI=1S/C40H42O8/c1-21-16-24(6-10-30(21)41)36-23(3)40(39(48-36)27-9-13-34(45-4)33(44)18-27)15-14-28-29(20-40)38(26-8-12-32(43)35(19-26)46-5)47-37(28)25-7-11-31(42)22(2)17-25/h6-13,16-19,23,36-39,41-44H,14-15,20H2,1-5H3/t23-,36+,37+,38-,39+,40-/m1/s1. The van der Waals surface area contributed by atoms with Crippen molar-refractivity contribution in [2.45, 2.75) is 64.4 Å². The number of hydrogen-bond acceptors (Lipinski definition) is 8. The fourth-order valence-corrected chi connectivity index (χ4v) is 8.26. The molecule has 0 radical (unpaired) electrons. The SMILES string of the molecule is COc1ccc([C@@H]2O[C@H](c3ccc(O)c(C)c3)[C@@H](C)[C@]23CCC2=C(C3)[C@@H](c3ccc(O)c(OC)c3)O[C@H]2c2ccc(O)c(C)c2)cc1O. The molecule has 0 aromatic heterocycles. The largest absolute Gasteiger partial charge is 0.508 e. The van der Waals surface area contributed by atoms with Gasteiger partial charge in [-0.3, -0.25) is 0 Å².